The van der Waals surface area contributed by atoms with Gasteiger partial charge in [-0.1, -0.05) is 0 Å². The molecule has 0 aliphatic rings. The Balaban J connectivity index is 2.69. The van der Waals surface area contributed by atoms with Gasteiger partial charge >= 0.3 is 5.97 Å². The van der Waals surface area contributed by atoms with Crippen LogP contribution in [0.1, 0.15) is 29.9 Å². The van der Waals surface area contributed by atoms with E-state index in [0.29, 0.717) is 24.5 Å². The molecule has 0 saturated heterocycles. The van der Waals surface area contributed by atoms with Gasteiger partial charge in [0.15, 0.2) is 0 Å². The molecule has 1 aromatic rings. The fourth-order valence-corrected chi connectivity index (χ4v) is 1.56. The molecule has 100 valence electrons. The summed E-state index contributed by atoms with van der Waals surface area (Å²) in [4.78, 5) is 15.7. The van der Waals surface area contributed by atoms with E-state index in [2.05, 4.69) is 15.0 Å². The molecule has 1 aromatic heterocycles. The van der Waals surface area contributed by atoms with E-state index >= 15 is 0 Å². The first-order valence-corrected chi connectivity index (χ1v) is 5.98. The molecule has 1 atom stereocenters. The van der Waals surface area contributed by atoms with Gasteiger partial charge in [0.1, 0.15) is 5.82 Å². The molecule has 5 heteroatoms. The zero-order valence-corrected chi connectivity index (χ0v) is 11.3. The Morgan fingerprint density at radius 1 is 1.50 bits per heavy atom. The van der Waals surface area contributed by atoms with Crippen molar-refractivity contribution < 1.29 is 14.3 Å². The Bertz CT molecular complexity index is 407. The minimum atomic E-state index is -0.367. The summed E-state index contributed by atoms with van der Waals surface area (Å²) in [6.07, 6.45) is 0. The van der Waals surface area contributed by atoms with Crippen LogP contribution in [0.5, 0.6) is 0 Å². The molecule has 0 bridgehead atoms. The number of aryl methyl sites for hydroxylation is 1. The second-order valence-corrected chi connectivity index (χ2v) is 4.03. The largest absolute Gasteiger partial charge is 0.465 e. The molecule has 0 aliphatic heterocycles. The van der Waals surface area contributed by atoms with Gasteiger partial charge in [-0.15, -0.1) is 0 Å². The fraction of sp³-hybridized carbons (Fsp3) is 0.538. The van der Waals surface area contributed by atoms with Gasteiger partial charge in [-0.3, -0.25) is 0 Å². The van der Waals surface area contributed by atoms with E-state index in [9.17, 15) is 4.79 Å². The summed E-state index contributed by atoms with van der Waals surface area (Å²) in [6.45, 7) is 7.07. The molecule has 0 aliphatic carbocycles. The van der Waals surface area contributed by atoms with E-state index in [4.69, 9.17) is 4.74 Å². The second kappa shape index (κ2) is 6.96. The maximum atomic E-state index is 11.4. The Morgan fingerprint density at radius 2 is 2.22 bits per heavy atom. The molecule has 0 fully saturated rings. The van der Waals surface area contributed by atoms with Crippen LogP contribution in [0.3, 0.4) is 0 Å². The number of aromatic nitrogens is 1. The molecular weight excluding hydrogens is 232 g/mol. The summed E-state index contributed by atoms with van der Waals surface area (Å²) in [5.74, 6) is 0.362. The van der Waals surface area contributed by atoms with Gasteiger partial charge in [0.05, 0.1) is 25.0 Å². The van der Waals surface area contributed by atoms with E-state index in [0.717, 1.165) is 5.82 Å². The van der Waals surface area contributed by atoms with Crippen LogP contribution in [-0.2, 0) is 9.47 Å². The predicted octanol–water partition coefficient (Wildman–Crippen LogP) is 2.01. The molecule has 0 amide bonds. The van der Waals surface area contributed by atoms with E-state index in [1.807, 2.05) is 13.8 Å². The van der Waals surface area contributed by atoms with Gasteiger partial charge in [-0.05, 0) is 32.9 Å². The molecular formula is C13H20N2O3. The molecule has 0 aromatic carbocycles. The van der Waals surface area contributed by atoms with Crippen LogP contribution in [0.15, 0.2) is 12.1 Å². The average Bonchev–Trinajstić information content (AvgIpc) is 2.35. The Morgan fingerprint density at radius 3 is 2.78 bits per heavy atom. The number of pyridine rings is 1. The highest BCUT2D eigenvalue weighted by atomic mass is 16.5. The van der Waals surface area contributed by atoms with Gasteiger partial charge in [-0.25, -0.2) is 9.78 Å². The molecule has 1 rings (SSSR count). The van der Waals surface area contributed by atoms with Crippen molar-refractivity contribution in [2.75, 3.05) is 25.6 Å². The lowest BCUT2D eigenvalue weighted by atomic mass is 10.2. The second-order valence-electron chi connectivity index (χ2n) is 4.03. The van der Waals surface area contributed by atoms with E-state index in [1.165, 1.54) is 7.11 Å². The van der Waals surface area contributed by atoms with Crippen LogP contribution >= 0.6 is 0 Å². The van der Waals surface area contributed by atoms with E-state index < -0.39 is 0 Å². The minimum Gasteiger partial charge on any atom is -0.465 e. The number of nitrogens with one attached hydrogen (secondary N) is 1. The molecule has 1 N–H and O–H groups in total. The lowest BCUT2D eigenvalue weighted by Gasteiger charge is -2.15. The van der Waals surface area contributed by atoms with Crippen LogP contribution in [-0.4, -0.2) is 37.3 Å². The summed E-state index contributed by atoms with van der Waals surface area (Å²) in [7, 11) is 1.36. The molecule has 0 saturated carbocycles. The number of esters is 1. The summed E-state index contributed by atoms with van der Waals surface area (Å²) < 4.78 is 9.98. The lowest BCUT2D eigenvalue weighted by molar-refractivity contribution is 0.0599. The SMILES string of the molecule is CCOCC(C)Nc1ccc(C(=O)OC)c(C)n1. The van der Waals surface area contributed by atoms with Crippen molar-refractivity contribution in [3.8, 4) is 0 Å². The summed E-state index contributed by atoms with van der Waals surface area (Å²) >= 11 is 0. The first-order valence-electron chi connectivity index (χ1n) is 5.98. The number of anilines is 1. The van der Waals surface area contributed by atoms with Crippen molar-refractivity contribution in [2.45, 2.75) is 26.8 Å². The number of hydrogen-bond acceptors (Lipinski definition) is 5. The highest BCUT2D eigenvalue weighted by molar-refractivity contribution is 5.90. The maximum absolute atomic E-state index is 11.4. The third kappa shape index (κ3) is 4.00. The Hall–Kier alpha value is -1.62. The van der Waals surface area contributed by atoms with Gasteiger partial charge in [-0.2, -0.15) is 0 Å². The third-order valence-electron chi connectivity index (χ3n) is 2.46. The summed E-state index contributed by atoms with van der Waals surface area (Å²) in [6, 6.07) is 3.65. The van der Waals surface area contributed by atoms with Crippen molar-refractivity contribution in [3.63, 3.8) is 0 Å². The van der Waals surface area contributed by atoms with Crippen LogP contribution in [0, 0.1) is 6.92 Å². The zero-order valence-electron chi connectivity index (χ0n) is 11.3. The number of nitrogens with zero attached hydrogens (tertiary/aromatic N) is 1. The Kier molecular flexibility index (Phi) is 5.58. The first-order chi connectivity index (χ1) is 8.58. The fourth-order valence-electron chi connectivity index (χ4n) is 1.56. The number of carbonyl (C=O) groups excluding carboxylic acids is 1. The molecule has 1 heterocycles. The topological polar surface area (TPSA) is 60.5 Å². The monoisotopic (exact) mass is 252 g/mol. The number of rotatable bonds is 6. The smallest absolute Gasteiger partial charge is 0.339 e. The van der Waals surface area contributed by atoms with Crippen LogP contribution in [0.4, 0.5) is 5.82 Å². The van der Waals surface area contributed by atoms with Gasteiger partial charge in [0.25, 0.3) is 0 Å². The molecule has 5 nitrogen and oxygen atoms in total. The summed E-state index contributed by atoms with van der Waals surface area (Å²) in [5.41, 5.74) is 1.14. The van der Waals surface area contributed by atoms with Crippen molar-refractivity contribution >= 4 is 11.8 Å². The van der Waals surface area contributed by atoms with Gasteiger partial charge < -0.3 is 14.8 Å². The first kappa shape index (κ1) is 14.4. The van der Waals surface area contributed by atoms with Gasteiger partial charge in [0, 0.05) is 12.6 Å². The van der Waals surface area contributed by atoms with Crippen molar-refractivity contribution in [1.29, 1.82) is 0 Å². The standard InChI is InChI=1S/C13H20N2O3/c1-5-18-8-9(2)14-12-7-6-11(10(3)15-12)13(16)17-4/h6-7,9H,5,8H2,1-4H3,(H,14,15). The van der Waals surface area contributed by atoms with Crippen LogP contribution in [0.25, 0.3) is 0 Å². The van der Waals surface area contributed by atoms with E-state index in [-0.39, 0.29) is 12.0 Å². The Labute approximate surface area is 108 Å². The van der Waals surface area contributed by atoms with Crippen molar-refractivity contribution in [3.05, 3.63) is 23.4 Å². The molecule has 0 spiro atoms. The maximum Gasteiger partial charge on any atom is 0.339 e. The highest BCUT2D eigenvalue weighted by Crippen LogP contribution is 2.12. The number of carbonyl (C=O) groups is 1. The van der Waals surface area contributed by atoms with Crippen LogP contribution in [0.2, 0.25) is 0 Å². The quantitative estimate of drug-likeness (QED) is 0.785. The molecule has 18 heavy (non-hydrogen) atoms. The van der Waals surface area contributed by atoms with Crippen molar-refractivity contribution in [1.82, 2.24) is 4.98 Å². The minimum absolute atomic E-state index is 0.167. The number of ether oxygens (including phenoxy) is 2. The van der Waals surface area contributed by atoms with Crippen LogP contribution < -0.4 is 5.32 Å². The van der Waals surface area contributed by atoms with Gasteiger partial charge in [0.2, 0.25) is 0 Å². The molecule has 0 radical (unpaired) electrons. The zero-order chi connectivity index (χ0) is 13.5. The molecule has 1 unspecified atom stereocenters. The number of hydrogen-bond donors (Lipinski definition) is 1. The normalized spacial score (nSPS) is 12.0. The average molecular weight is 252 g/mol. The van der Waals surface area contributed by atoms with Crippen molar-refractivity contribution in [2.24, 2.45) is 0 Å². The summed E-state index contributed by atoms with van der Waals surface area (Å²) in [5, 5.41) is 3.21. The number of methoxy groups -OCH3 is 1. The predicted molar refractivity (Wildman–Crippen MR) is 69.9 cm³/mol. The highest BCUT2D eigenvalue weighted by Gasteiger charge is 2.11. The lowest BCUT2D eigenvalue weighted by Crippen LogP contribution is -2.22. The third-order valence-corrected chi connectivity index (χ3v) is 2.46. The van der Waals surface area contributed by atoms with E-state index in [1.54, 1.807) is 19.1 Å².